The van der Waals surface area contributed by atoms with Gasteiger partial charge in [-0.3, -0.25) is 9.48 Å². The van der Waals surface area contributed by atoms with Crippen LogP contribution in [0.4, 0.5) is 0 Å². The average molecular weight is 302 g/mol. The summed E-state index contributed by atoms with van der Waals surface area (Å²) in [6.07, 6.45) is 5.41. The second-order valence-corrected chi connectivity index (χ2v) is 6.18. The summed E-state index contributed by atoms with van der Waals surface area (Å²) in [5, 5.41) is 17.5. The molecule has 6 nitrogen and oxygen atoms in total. The first kappa shape index (κ1) is 15.0. The molecule has 0 bridgehead atoms. The zero-order valence-electron chi connectivity index (χ0n) is 13.0. The maximum Gasteiger partial charge on any atom is 0.253 e. The molecule has 0 spiro atoms. The van der Waals surface area contributed by atoms with Gasteiger partial charge in [0, 0.05) is 31.3 Å². The number of aryl methyl sites for hydroxylation is 2. The summed E-state index contributed by atoms with van der Waals surface area (Å²) in [5.41, 5.74) is 2.24. The lowest BCUT2D eigenvalue weighted by atomic mass is 9.86. The number of aromatic nitrogens is 3. The van der Waals surface area contributed by atoms with Crippen LogP contribution < -0.4 is 5.32 Å². The van der Waals surface area contributed by atoms with E-state index in [2.05, 4.69) is 15.4 Å². The van der Waals surface area contributed by atoms with Crippen LogP contribution in [0.25, 0.3) is 11.0 Å². The van der Waals surface area contributed by atoms with E-state index in [1.165, 1.54) is 0 Å². The molecule has 1 saturated carbocycles. The molecule has 1 aliphatic rings. The van der Waals surface area contributed by atoms with Gasteiger partial charge in [-0.25, -0.2) is 4.98 Å². The number of amides is 1. The highest BCUT2D eigenvalue weighted by atomic mass is 16.3. The molecule has 1 amide bonds. The van der Waals surface area contributed by atoms with E-state index in [0.29, 0.717) is 11.5 Å². The second-order valence-electron chi connectivity index (χ2n) is 6.18. The summed E-state index contributed by atoms with van der Waals surface area (Å²) in [6.45, 7) is 2.17. The van der Waals surface area contributed by atoms with Crippen LogP contribution >= 0.6 is 0 Å². The Morgan fingerprint density at radius 1 is 1.41 bits per heavy atom. The van der Waals surface area contributed by atoms with Crippen LogP contribution in [0.15, 0.2) is 12.3 Å². The first-order valence-corrected chi connectivity index (χ1v) is 7.79. The smallest absolute Gasteiger partial charge is 0.253 e. The number of hydrogen-bond donors (Lipinski definition) is 2. The Hall–Kier alpha value is -1.95. The van der Waals surface area contributed by atoms with E-state index >= 15 is 0 Å². The first-order chi connectivity index (χ1) is 10.6. The van der Waals surface area contributed by atoms with Crippen LogP contribution in [0, 0.1) is 12.8 Å². The lowest BCUT2D eigenvalue weighted by Crippen LogP contribution is -2.38. The van der Waals surface area contributed by atoms with Crippen LogP contribution in [0.2, 0.25) is 0 Å². The number of pyridine rings is 1. The highest BCUT2D eigenvalue weighted by molar-refractivity contribution is 5.97. The summed E-state index contributed by atoms with van der Waals surface area (Å²) in [7, 11) is 1.85. The molecule has 6 heteroatoms. The SMILES string of the molecule is Cc1nn(C)c2ncc(C(=O)NC3CCC(CO)CC3)cc12. The molecular formula is C16H22N4O2. The molecule has 2 aromatic heterocycles. The molecule has 0 aromatic carbocycles. The zero-order chi connectivity index (χ0) is 15.7. The Morgan fingerprint density at radius 2 is 2.14 bits per heavy atom. The minimum atomic E-state index is -0.0786. The van der Waals surface area contributed by atoms with Gasteiger partial charge in [-0.05, 0) is 44.6 Å². The molecule has 0 aliphatic heterocycles. The van der Waals surface area contributed by atoms with Crippen molar-refractivity contribution < 1.29 is 9.90 Å². The van der Waals surface area contributed by atoms with E-state index in [1.807, 2.05) is 20.0 Å². The van der Waals surface area contributed by atoms with Crippen LogP contribution in [0.1, 0.15) is 41.7 Å². The number of nitrogens with one attached hydrogen (secondary N) is 1. The van der Waals surface area contributed by atoms with E-state index in [4.69, 9.17) is 5.11 Å². The molecule has 22 heavy (non-hydrogen) atoms. The Bertz CT molecular complexity index is 687. The van der Waals surface area contributed by atoms with Crippen LogP contribution in [0.5, 0.6) is 0 Å². The fourth-order valence-electron chi connectivity index (χ4n) is 3.19. The third-order valence-electron chi connectivity index (χ3n) is 4.57. The Kier molecular flexibility index (Phi) is 4.11. The van der Waals surface area contributed by atoms with Crippen molar-refractivity contribution in [3.8, 4) is 0 Å². The van der Waals surface area contributed by atoms with Gasteiger partial charge >= 0.3 is 0 Å². The number of nitrogens with zero attached hydrogens (tertiary/aromatic N) is 3. The Balaban J connectivity index is 1.71. The Labute approximate surface area is 129 Å². The van der Waals surface area contributed by atoms with Gasteiger partial charge in [0.2, 0.25) is 0 Å². The minimum Gasteiger partial charge on any atom is -0.396 e. The van der Waals surface area contributed by atoms with Crippen molar-refractivity contribution in [1.29, 1.82) is 0 Å². The number of aliphatic hydroxyl groups excluding tert-OH is 1. The van der Waals surface area contributed by atoms with Gasteiger partial charge in [0.15, 0.2) is 5.65 Å². The molecule has 2 aromatic rings. The number of carbonyl (C=O) groups excluding carboxylic acids is 1. The number of aliphatic hydroxyl groups is 1. The number of hydrogen-bond acceptors (Lipinski definition) is 4. The molecule has 118 valence electrons. The quantitative estimate of drug-likeness (QED) is 0.901. The van der Waals surface area contributed by atoms with Crippen LogP contribution in [-0.4, -0.2) is 38.4 Å². The van der Waals surface area contributed by atoms with Gasteiger partial charge in [-0.15, -0.1) is 0 Å². The lowest BCUT2D eigenvalue weighted by Gasteiger charge is -2.27. The van der Waals surface area contributed by atoms with Gasteiger partial charge in [0.25, 0.3) is 5.91 Å². The summed E-state index contributed by atoms with van der Waals surface area (Å²) < 4.78 is 1.72. The number of carbonyl (C=O) groups is 1. The second kappa shape index (κ2) is 6.04. The van der Waals surface area contributed by atoms with Crippen molar-refractivity contribution in [2.45, 2.75) is 38.6 Å². The maximum atomic E-state index is 12.4. The third kappa shape index (κ3) is 2.83. The summed E-state index contributed by atoms with van der Waals surface area (Å²) in [5.74, 6) is 0.314. The van der Waals surface area contributed by atoms with Crippen molar-refractivity contribution in [2.75, 3.05) is 6.61 Å². The zero-order valence-corrected chi connectivity index (χ0v) is 13.0. The highest BCUT2D eigenvalue weighted by Gasteiger charge is 2.22. The highest BCUT2D eigenvalue weighted by Crippen LogP contribution is 2.24. The van der Waals surface area contributed by atoms with Gasteiger partial charge < -0.3 is 10.4 Å². The lowest BCUT2D eigenvalue weighted by molar-refractivity contribution is 0.0914. The standard InChI is InChI=1S/C16H22N4O2/c1-10-14-7-12(8-17-15(14)20(2)19-10)16(22)18-13-5-3-11(9-21)4-6-13/h7-8,11,13,21H,3-6,9H2,1-2H3,(H,18,22). The van der Waals surface area contributed by atoms with Crippen LogP contribution in [-0.2, 0) is 7.05 Å². The van der Waals surface area contributed by atoms with Gasteiger partial charge in [0.1, 0.15) is 0 Å². The van der Waals surface area contributed by atoms with Crippen LogP contribution in [0.3, 0.4) is 0 Å². The third-order valence-corrected chi connectivity index (χ3v) is 4.57. The van der Waals surface area contributed by atoms with Gasteiger partial charge in [-0.2, -0.15) is 5.10 Å². The van der Waals surface area contributed by atoms with Crippen molar-refractivity contribution in [2.24, 2.45) is 13.0 Å². The maximum absolute atomic E-state index is 12.4. The Morgan fingerprint density at radius 3 is 2.82 bits per heavy atom. The van der Waals surface area contributed by atoms with Crippen molar-refractivity contribution in [3.05, 3.63) is 23.5 Å². The van der Waals surface area contributed by atoms with E-state index < -0.39 is 0 Å². The first-order valence-electron chi connectivity index (χ1n) is 7.79. The largest absolute Gasteiger partial charge is 0.396 e. The molecule has 0 saturated heterocycles. The summed E-state index contributed by atoms with van der Waals surface area (Å²) in [4.78, 5) is 16.7. The molecule has 0 unspecified atom stereocenters. The van der Waals surface area contributed by atoms with E-state index in [0.717, 1.165) is 42.4 Å². The molecule has 3 rings (SSSR count). The fourth-order valence-corrected chi connectivity index (χ4v) is 3.19. The molecule has 1 aliphatic carbocycles. The molecular weight excluding hydrogens is 280 g/mol. The number of fused-ring (bicyclic) bond motifs is 1. The normalized spacial score (nSPS) is 22.0. The van der Waals surface area contributed by atoms with E-state index in [-0.39, 0.29) is 18.6 Å². The van der Waals surface area contributed by atoms with Crippen molar-refractivity contribution in [3.63, 3.8) is 0 Å². The van der Waals surface area contributed by atoms with Gasteiger partial charge in [-0.1, -0.05) is 0 Å². The molecule has 2 heterocycles. The van der Waals surface area contributed by atoms with E-state index in [1.54, 1.807) is 10.9 Å². The number of rotatable bonds is 3. The molecule has 0 atom stereocenters. The van der Waals surface area contributed by atoms with Crippen molar-refractivity contribution in [1.82, 2.24) is 20.1 Å². The monoisotopic (exact) mass is 302 g/mol. The van der Waals surface area contributed by atoms with E-state index in [9.17, 15) is 4.79 Å². The molecule has 0 radical (unpaired) electrons. The predicted octanol–water partition coefficient (Wildman–Crippen LogP) is 1.56. The average Bonchev–Trinajstić information content (AvgIpc) is 2.82. The summed E-state index contributed by atoms with van der Waals surface area (Å²) in [6, 6.07) is 2.06. The predicted molar refractivity (Wildman–Crippen MR) is 83.5 cm³/mol. The van der Waals surface area contributed by atoms with Gasteiger partial charge in [0.05, 0.1) is 11.3 Å². The fraction of sp³-hybridized carbons (Fsp3) is 0.562. The topological polar surface area (TPSA) is 80.0 Å². The summed E-state index contributed by atoms with van der Waals surface area (Å²) >= 11 is 0. The molecule has 2 N–H and O–H groups in total. The minimum absolute atomic E-state index is 0.0786. The molecule has 1 fully saturated rings. The van der Waals surface area contributed by atoms with Crippen molar-refractivity contribution >= 4 is 16.9 Å².